The predicted molar refractivity (Wildman–Crippen MR) is 71.7 cm³/mol. The van der Waals surface area contributed by atoms with Gasteiger partial charge in [-0.25, -0.2) is 0 Å². The zero-order valence-electron chi connectivity index (χ0n) is 9.61. The van der Waals surface area contributed by atoms with Crippen molar-refractivity contribution in [1.29, 1.82) is 0 Å². The summed E-state index contributed by atoms with van der Waals surface area (Å²) >= 11 is 4.79. The van der Waals surface area contributed by atoms with Gasteiger partial charge < -0.3 is 15.4 Å². The summed E-state index contributed by atoms with van der Waals surface area (Å²) in [5.41, 5.74) is 5.68. The Labute approximate surface area is 113 Å². The van der Waals surface area contributed by atoms with Crippen LogP contribution in [0, 0.1) is 0 Å². The molecule has 1 saturated heterocycles. The number of methoxy groups -OCH3 is 1. The summed E-state index contributed by atoms with van der Waals surface area (Å²) in [7, 11) is 1.60. The molecule has 0 spiro atoms. The fourth-order valence-electron chi connectivity index (χ4n) is 2.09. The van der Waals surface area contributed by atoms with E-state index in [4.69, 9.17) is 10.5 Å². The van der Waals surface area contributed by atoms with Gasteiger partial charge in [-0.15, -0.1) is 11.3 Å². The van der Waals surface area contributed by atoms with Crippen LogP contribution in [0.2, 0.25) is 0 Å². The number of nitrogens with two attached hydrogens (primary N) is 1. The molecule has 1 aromatic heterocycles. The zero-order chi connectivity index (χ0) is 12.4. The molecule has 1 aromatic rings. The Balaban J connectivity index is 2.18. The van der Waals surface area contributed by atoms with E-state index in [0.717, 1.165) is 23.2 Å². The third-order valence-electron chi connectivity index (χ3n) is 3.00. The molecule has 1 aliphatic heterocycles. The molecule has 2 N–H and O–H groups in total. The predicted octanol–water partition coefficient (Wildman–Crippen LogP) is 2.08. The maximum atomic E-state index is 12.3. The van der Waals surface area contributed by atoms with E-state index in [1.807, 2.05) is 4.90 Å². The number of ether oxygens (including phenoxy) is 1. The zero-order valence-corrected chi connectivity index (χ0v) is 12.0. The van der Waals surface area contributed by atoms with E-state index in [9.17, 15) is 4.79 Å². The molecule has 17 heavy (non-hydrogen) atoms. The maximum Gasteiger partial charge on any atom is 0.264 e. The first-order chi connectivity index (χ1) is 8.17. The van der Waals surface area contributed by atoms with Gasteiger partial charge >= 0.3 is 0 Å². The van der Waals surface area contributed by atoms with Crippen LogP contribution >= 0.6 is 27.3 Å². The average Bonchev–Trinajstić information content (AvgIpc) is 2.93. The minimum Gasteiger partial charge on any atom is -0.495 e. The molecule has 0 aliphatic carbocycles. The summed E-state index contributed by atoms with van der Waals surface area (Å²) in [5, 5.41) is 0. The van der Waals surface area contributed by atoms with Crippen LogP contribution in [0.3, 0.4) is 0 Å². The molecule has 2 heterocycles. The second-order valence-electron chi connectivity index (χ2n) is 3.98. The van der Waals surface area contributed by atoms with Gasteiger partial charge in [-0.2, -0.15) is 0 Å². The van der Waals surface area contributed by atoms with E-state index in [2.05, 4.69) is 15.9 Å². The van der Waals surface area contributed by atoms with Crippen molar-refractivity contribution in [2.45, 2.75) is 18.9 Å². The quantitative estimate of drug-likeness (QED) is 0.928. The summed E-state index contributed by atoms with van der Waals surface area (Å²) in [6, 6.07) is 1.97. The Hall–Kier alpha value is -0.590. The second-order valence-corrected chi connectivity index (χ2v) is 6.35. The summed E-state index contributed by atoms with van der Waals surface area (Å²) in [6.45, 7) is 1.34. The molecule has 0 aromatic carbocycles. The molecule has 2 rings (SSSR count). The van der Waals surface area contributed by atoms with E-state index in [0.29, 0.717) is 17.2 Å². The second kappa shape index (κ2) is 5.37. The van der Waals surface area contributed by atoms with Gasteiger partial charge in [-0.1, -0.05) is 0 Å². The van der Waals surface area contributed by atoms with Gasteiger partial charge in [0.2, 0.25) is 0 Å². The van der Waals surface area contributed by atoms with Crippen molar-refractivity contribution in [3.63, 3.8) is 0 Å². The number of nitrogens with zero attached hydrogens (tertiary/aromatic N) is 1. The highest BCUT2D eigenvalue weighted by Gasteiger charge is 2.29. The van der Waals surface area contributed by atoms with Crippen molar-refractivity contribution in [1.82, 2.24) is 4.90 Å². The van der Waals surface area contributed by atoms with Crippen molar-refractivity contribution in [2.24, 2.45) is 5.73 Å². The summed E-state index contributed by atoms with van der Waals surface area (Å²) in [5.74, 6) is 0.772. The first-order valence-corrected chi connectivity index (χ1v) is 7.12. The molecule has 1 aliphatic rings. The SMILES string of the molecule is COc1cc(C(=O)N2CCCC2CN)sc1Br. The Bertz CT molecular complexity index is 422. The molecule has 6 heteroatoms. The highest BCUT2D eigenvalue weighted by molar-refractivity contribution is 9.11. The first kappa shape index (κ1) is 12.9. The van der Waals surface area contributed by atoms with Gasteiger partial charge in [0.05, 0.1) is 12.0 Å². The van der Waals surface area contributed by atoms with E-state index < -0.39 is 0 Å². The topological polar surface area (TPSA) is 55.6 Å². The van der Waals surface area contributed by atoms with Crippen LogP contribution in [0.25, 0.3) is 0 Å². The number of likely N-dealkylation sites (tertiary alicyclic amines) is 1. The van der Waals surface area contributed by atoms with Gasteiger partial charge in [0.1, 0.15) is 9.54 Å². The number of rotatable bonds is 3. The highest BCUT2D eigenvalue weighted by atomic mass is 79.9. The Morgan fingerprint density at radius 1 is 1.76 bits per heavy atom. The van der Waals surface area contributed by atoms with E-state index in [1.165, 1.54) is 11.3 Å². The largest absolute Gasteiger partial charge is 0.495 e. The minimum absolute atomic E-state index is 0.0620. The molecule has 1 unspecified atom stereocenters. The van der Waals surface area contributed by atoms with Crippen molar-refractivity contribution in [3.8, 4) is 5.75 Å². The van der Waals surface area contributed by atoms with Crippen LogP contribution < -0.4 is 10.5 Å². The number of carbonyl (C=O) groups excluding carboxylic acids is 1. The number of carbonyl (C=O) groups is 1. The molecule has 94 valence electrons. The van der Waals surface area contributed by atoms with Crippen LogP contribution in [0.1, 0.15) is 22.5 Å². The molecule has 0 bridgehead atoms. The van der Waals surface area contributed by atoms with E-state index >= 15 is 0 Å². The monoisotopic (exact) mass is 318 g/mol. The van der Waals surface area contributed by atoms with Gasteiger partial charge in [-0.3, -0.25) is 4.79 Å². The lowest BCUT2D eigenvalue weighted by molar-refractivity contribution is 0.0746. The standard InChI is InChI=1S/C11H15BrN2O2S/c1-16-8-5-9(17-10(8)12)11(15)14-4-2-3-7(14)6-13/h5,7H,2-4,6,13H2,1H3. The summed E-state index contributed by atoms with van der Waals surface area (Å²) in [6.07, 6.45) is 2.04. The molecule has 4 nitrogen and oxygen atoms in total. The van der Waals surface area contributed by atoms with Crippen LogP contribution in [0.15, 0.2) is 9.85 Å². The number of amides is 1. The molecule has 1 fully saturated rings. The molecule has 0 radical (unpaired) electrons. The molecular weight excluding hydrogens is 304 g/mol. The van der Waals surface area contributed by atoms with E-state index in [-0.39, 0.29) is 11.9 Å². The lowest BCUT2D eigenvalue weighted by Crippen LogP contribution is -2.39. The van der Waals surface area contributed by atoms with Gasteiger partial charge in [0.15, 0.2) is 0 Å². The van der Waals surface area contributed by atoms with Crippen molar-refractivity contribution >= 4 is 33.2 Å². The maximum absolute atomic E-state index is 12.3. The number of halogens is 1. The number of hydrogen-bond donors (Lipinski definition) is 1. The molecule has 0 saturated carbocycles. The fraction of sp³-hybridized carbons (Fsp3) is 0.545. The van der Waals surface area contributed by atoms with Crippen molar-refractivity contribution in [2.75, 3.05) is 20.2 Å². The van der Waals surface area contributed by atoms with Crippen molar-refractivity contribution < 1.29 is 9.53 Å². The summed E-state index contributed by atoms with van der Waals surface area (Å²) in [4.78, 5) is 14.9. The van der Waals surface area contributed by atoms with Gasteiger partial charge in [0.25, 0.3) is 5.91 Å². The lowest BCUT2D eigenvalue weighted by Gasteiger charge is -2.22. The molecular formula is C11H15BrN2O2S. The number of thiophene rings is 1. The van der Waals surface area contributed by atoms with E-state index in [1.54, 1.807) is 13.2 Å². The Morgan fingerprint density at radius 2 is 2.53 bits per heavy atom. The Morgan fingerprint density at radius 3 is 3.12 bits per heavy atom. The summed E-state index contributed by atoms with van der Waals surface area (Å²) < 4.78 is 6.01. The third-order valence-corrected chi connectivity index (χ3v) is 4.77. The van der Waals surface area contributed by atoms with Crippen molar-refractivity contribution in [3.05, 3.63) is 14.7 Å². The third kappa shape index (κ3) is 2.48. The minimum atomic E-state index is 0.0620. The molecule has 1 amide bonds. The van der Waals surface area contributed by atoms with Crippen LogP contribution in [0.4, 0.5) is 0 Å². The van der Waals surface area contributed by atoms with Crippen LogP contribution in [-0.2, 0) is 0 Å². The fourth-order valence-corrected chi connectivity index (χ4v) is 3.69. The van der Waals surface area contributed by atoms with Gasteiger partial charge in [0, 0.05) is 25.2 Å². The van der Waals surface area contributed by atoms with Gasteiger partial charge in [-0.05, 0) is 28.8 Å². The van der Waals surface area contributed by atoms with Crippen LogP contribution in [0.5, 0.6) is 5.75 Å². The molecule has 1 atom stereocenters. The highest BCUT2D eigenvalue weighted by Crippen LogP contribution is 2.35. The smallest absolute Gasteiger partial charge is 0.264 e. The normalized spacial score (nSPS) is 19.7. The Kier molecular flexibility index (Phi) is 4.06. The average molecular weight is 319 g/mol. The first-order valence-electron chi connectivity index (χ1n) is 5.51. The number of hydrogen-bond acceptors (Lipinski definition) is 4. The lowest BCUT2D eigenvalue weighted by atomic mass is 10.2. The van der Waals surface area contributed by atoms with Crippen LogP contribution in [-0.4, -0.2) is 37.0 Å².